The van der Waals surface area contributed by atoms with E-state index in [1.54, 1.807) is 6.20 Å². The molecular formula is C22H31N7O. The van der Waals surface area contributed by atoms with Crippen LogP contribution in [-0.4, -0.2) is 46.9 Å². The van der Waals surface area contributed by atoms with Crippen LogP contribution in [0.4, 0.5) is 17.3 Å². The van der Waals surface area contributed by atoms with Gasteiger partial charge in [-0.15, -0.1) is 0 Å². The number of nitrogens with zero attached hydrogens (tertiary/aromatic N) is 4. The fraction of sp³-hybridized carbons (Fsp3) is 0.455. The quantitative estimate of drug-likeness (QED) is 0.516. The van der Waals surface area contributed by atoms with Gasteiger partial charge in [0.1, 0.15) is 12.0 Å². The van der Waals surface area contributed by atoms with E-state index < -0.39 is 6.23 Å². The zero-order valence-corrected chi connectivity index (χ0v) is 17.8. The number of aromatic nitrogens is 2. The summed E-state index contributed by atoms with van der Waals surface area (Å²) >= 11 is 0. The lowest BCUT2D eigenvalue weighted by molar-refractivity contribution is 0.124. The Morgan fingerprint density at radius 1 is 1.37 bits per heavy atom. The zero-order valence-electron chi connectivity index (χ0n) is 17.8. The maximum absolute atomic E-state index is 10.5. The molecule has 5 N–H and O–H groups in total. The van der Waals surface area contributed by atoms with Crippen LogP contribution in [0.2, 0.25) is 0 Å². The van der Waals surface area contributed by atoms with Gasteiger partial charge in [0.15, 0.2) is 5.82 Å². The number of hydrogen-bond acceptors (Lipinski definition) is 8. The largest absolute Gasteiger partial charge is 0.405 e. The number of nitrogens with two attached hydrogens (primary N) is 1. The van der Waals surface area contributed by atoms with Gasteiger partial charge in [-0.2, -0.15) is 0 Å². The van der Waals surface area contributed by atoms with Gasteiger partial charge in [-0.25, -0.2) is 9.97 Å². The van der Waals surface area contributed by atoms with Gasteiger partial charge in [0.25, 0.3) is 0 Å². The first-order valence-electron chi connectivity index (χ1n) is 10.5. The molecule has 0 spiro atoms. The van der Waals surface area contributed by atoms with Crippen molar-refractivity contribution in [1.82, 2.24) is 15.3 Å². The van der Waals surface area contributed by atoms with Crippen LogP contribution in [0.3, 0.4) is 0 Å². The van der Waals surface area contributed by atoms with Gasteiger partial charge in [-0.05, 0) is 68.8 Å². The third-order valence-electron chi connectivity index (χ3n) is 5.72. The predicted octanol–water partition coefficient (Wildman–Crippen LogP) is 2.17. The Kier molecular flexibility index (Phi) is 5.78. The maximum Gasteiger partial charge on any atom is 0.154 e. The number of fused-ring (bicyclic) bond motifs is 4. The van der Waals surface area contributed by atoms with Crippen molar-refractivity contribution in [2.24, 2.45) is 5.73 Å². The van der Waals surface area contributed by atoms with E-state index in [-0.39, 0.29) is 6.04 Å². The average molecular weight is 410 g/mol. The highest BCUT2D eigenvalue weighted by molar-refractivity contribution is 5.72. The van der Waals surface area contributed by atoms with Crippen molar-refractivity contribution in [2.45, 2.75) is 45.5 Å². The van der Waals surface area contributed by atoms with E-state index in [9.17, 15) is 5.11 Å². The van der Waals surface area contributed by atoms with Crippen LogP contribution in [-0.2, 0) is 0 Å². The van der Waals surface area contributed by atoms with E-state index in [4.69, 9.17) is 10.7 Å². The second-order valence-electron chi connectivity index (χ2n) is 8.28. The molecule has 0 amide bonds. The maximum atomic E-state index is 10.5. The number of hydrogen-bond donors (Lipinski definition) is 4. The molecule has 0 aliphatic carbocycles. The summed E-state index contributed by atoms with van der Waals surface area (Å²) in [6.07, 6.45) is 5.57. The van der Waals surface area contributed by atoms with Gasteiger partial charge in [0.05, 0.1) is 24.1 Å². The van der Waals surface area contributed by atoms with Crippen LogP contribution in [0.5, 0.6) is 0 Å². The molecule has 0 saturated carbocycles. The molecule has 2 aromatic rings. The SMILES string of the molecule is Cc1cnc(NCN2c3nc(C(O)NC(C)C)ccc3N3CC[C@H]2C3)cc1/C=C\N. The lowest BCUT2D eigenvalue weighted by atomic mass is 10.1. The van der Waals surface area contributed by atoms with Gasteiger partial charge < -0.3 is 26.0 Å². The summed E-state index contributed by atoms with van der Waals surface area (Å²) in [6.45, 7) is 8.64. The summed E-state index contributed by atoms with van der Waals surface area (Å²) in [4.78, 5) is 14.0. The molecule has 160 valence electrons. The average Bonchev–Trinajstić information content (AvgIpc) is 3.14. The molecule has 2 aliphatic rings. The monoisotopic (exact) mass is 409 g/mol. The van der Waals surface area contributed by atoms with Gasteiger partial charge in [-0.1, -0.05) is 0 Å². The minimum absolute atomic E-state index is 0.167. The molecule has 2 bridgehead atoms. The molecule has 30 heavy (non-hydrogen) atoms. The molecule has 1 unspecified atom stereocenters. The van der Waals surface area contributed by atoms with Gasteiger partial charge >= 0.3 is 0 Å². The van der Waals surface area contributed by atoms with Crippen molar-refractivity contribution in [2.75, 3.05) is 34.9 Å². The van der Waals surface area contributed by atoms with Crippen LogP contribution in [0, 0.1) is 6.92 Å². The number of pyridine rings is 2. The van der Waals surface area contributed by atoms with E-state index in [1.807, 2.05) is 45.2 Å². The third-order valence-corrected chi connectivity index (χ3v) is 5.72. The Morgan fingerprint density at radius 3 is 2.97 bits per heavy atom. The number of aryl methyl sites for hydroxylation is 1. The van der Waals surface area contributed by atoms with E-state index in [0.29, 0.717) is 18.4 Å². The highest BCUT2D eigenvalue weighted by atomic mass is 16.3. The summed E-state index contributed by atoms with van der Waals surface area (Å²) in [5.41, 5.74) is 9.45. The molecule has 8 nitrogen and oxygen atoms in total. The van der Waals surface area contributed by atoms with E-state index in [1.165, 1.54) is 0 Å². The predicted molar refractivity (Wildman–Crippen MR) is 121 cm³/mol. The van der Waals surface area contributed by atoms with Crippen molar-refractivity contribution in [3.63, 3.8) is 0 Å². The molecule has 1 saturated heterocycles. The molecule has 4 rings (SSSR count). The van der Waals surface area contributed by atoms with Crippen molar-refractivity contribution in [1.29, 1.82) is 0 Å². The fourth-order valence-corrected chi connectivity index (χ4v) is 4.14. The molecule has 0 radical (unpaired) electrons. The Labute approximate surface area is 177 Å². The molecule has 4 heterocycles. The van der Waals surface area contributed by atoms with Crippen LogP contribution in [0.25, 0.3) is 6.08 Å². The molecule has 2 aliphatic heterocycles. The summed E-state index contributed by atoms with van der Waals surface area (Å²) in [6, 6.07) is 6.55. The van der Waals surface area contributed by atoms with Crippen molar-refractivity contribution in [3.8, 4) is 0 Å². The molecule has 8 heteroatoms. The number of nitrogens with one attached hydrogen (secondary N) is 2. The Bertz CT molecular complexity index is 930. The first kappa shape index (κ1) is 20.4. The molecule has 1 fully saturated rings. The smallest absolute Gasteiger partial charge is 0.154 e. The summed E-state index contributed by atoms with van der Waals surface area (Å²) in [5.74, 6) is 1.71. The zero-order chi connectivity index (χ0) is 21.3. The molecule has 0 aromatic carbocycles. The topological polar surface area (TPSA) is 103 Å². The first-order chi connectivity index (χ1) is 14.5. The summed E-state index contributed by atoms with van der Waals surface area (Å²) < 4.78 is 0. The van der Waals surface area contributed by atoms with Gasteiger partial charge in [0.2, 0.25) is 0 Å². The standard InChI is InChI=1S/C22H31N7O/c1-14(2)26-22(30)18-4-5-19-21(27-18)29(17-7-9-28(19)12-17)13-25-20-10-16(6-8-23)15(3)11-24-20/h4-6,8,10-11,14,17,22,26,30H,7,9,12-13,23H2,1-3H3,(H,24,25)/b8-6-/t17-,22?/m0/s1. The lowest BCUT2D eigenvalue weighted by Crippen LogP contribution is -2.45. The Balaban J connectivity index is 1.58. The van der Waals surface area contributed by atoms with Crippen LogP contribution in [0.1, 0.15) is 43.3 Å². The highest BCUT2D eigenvalue weighted by Crippen LogP contribution is 2.39. The van der Waals surface area contributed by atoms with Crippen LogP contribution in [0.15, 0.2) is 30.6 Å². The van der Waals surface area contributed by atoms with E-state index in [2.05, 4.69) is 31.5 Å². The second kappa shape index (κ2) is 8.49. The van der Waals surface area contributed by atoms with E-state index >= 15 is 0 Å². The summed E-state index contributed by atoms with van der Waals surface area (Å²) in [5, 5.41) is 17.1. The minimum atomic E-state index is -0.788. The first-order valence-corrected chi connectivity index (χ1v) is 10.5. The van der Waals surface area contributed by atoms with Crippen molar-refractivity contribution >= 4 is 23.4 Å². The van der Waals surface area contributed by atoms with Crippen LogP contribution < -0.4 is 26.2 Å². The molecule has 2 atom stereocenters. The number of anilines is 3. The van der Waals surface area contributed by atoms with Gasteiger partial charge in [-0.3, -0.25) is 5.32 Å². The van der Waals surface area contributed by atoms with Crippen LogP contribution >= 0.6 is 0 Å². The second-order valence-corrected chi connectivity index (χ2v) is 8.28. The highest BCUT2D eigenvalue weighted by Gasteiger charge is 2.37. The minimum Gasteiger partial charge on any atom is -0.405 e. The third kappa shape index (κ3) is 4.06. The molecule has 2 aromatic heterocycles. The Morgan fingerprint density at radius 2 is 2.20 bits per heavy atom. The normalized spacial score (nSPS) is 18.9. The number of aliphatic hydroxyl groups excluding tert-OH is 1. The molecular weight excluding hydrogens is 378 g/mol. The Hall–Kier alpha value is -2.84. The lowest BCUT2D eigenvalue weighted by Gasteiger charge is -2.37. The summed E-state index contributed by atoms with van der Waals surface area (Å²) in [7, 11) is 0. The number of rotatable bonds is 7. The number of aliphatic hydroxyl groups is 1. The fourth-order valence-electron chi connectivity index (χ4n) is 4.14. The van der Waals surface area contributed by atoms with Crippen molar-refractivity contribution in [3.05, 3.63) is 47.4 Å². The van der Waals surface area contributed by atoms with E-state index in [0.717, 1.165) is 48.0 Å². The van der Waals surface area contributed by atoms with Gasteiger partial charge in [0, 0.05) is 25.3 Å². The van der Waals surface area contributed by atoms with Crippen molar-refractivity contribution < 1.29 is 5.11 Å².